The van der Waals surface area contributed by atoms with Crippen LogP contribution in [0.1, 0.15) is 32.6 Å². The third-order valence-corrected chi connectivity index (χ3v) is 3.34. The van der Waals surface area contributed by atoms with Gasteiger partial charge in [0.05, 0.1) is 6.42 Å². The summed E-state index contributed by atoms with van der Waals surface area (Å²) in [4.78, 5) is 32.7. The monoisotopic (exact) mass is 272 g/mol. The average molecular weight is 272 g/mol. The van der Waals surface area contributed by atoms with Crippen molar-refractivity contribution in [1.82, 2.24) is 10.6 Å². The number of hydrogen-bond acceptors (Lipinski definition) is 3. The fourth-order valence-electron chi connectivity index (χ4n) is 2.33. The number of aliphatic carboxylic acids is 2. The first kappa shape index (κ1) is 15.3. The summed E-state index contributed by atoms with van der Waals surface area (Å²) in [6.07, 6.45) is 2.62. The van der Waals surface area contributed by atoms with Crippen molar-refractivity contribution >= 4 is 18.0 Å². The maximum Gasteiger partial charge on any atom is 0.326 e. The van der Waals surface area contributed by atoms with Gasteiger partial charge < -0.3 is 20.8 Å². The molecule has 0 aromatic carbocycles. The molecule has 1 fully saturated rings. The molecule has 0 spiro atoms. The second-order valence-electron chi connectivity index (χ2n) is 5.13. The van der Waals surface area contributed by atoms with E-state index in [9.17, 15) is 14.4 Å². The Morgan fingerprint density at radius 3 is 2.42 bits per heavy atom. The Morgan fingerprint density at radius 1 is 1.26 bits per heavy atom. The number of carbonyl (C=O) groups excluding carboxylic acids is 1. The Hall–Kier alpha value is -1.79. The summed E-state index contributed by atoms with van der Waals surface area (Å²) in [6.45, 7) is 2.66. The van der Waals surface area contributed by atoms with Gasteiger partial charge >= 0.3 is 18.0 Å². The lowest BCUT2D eigenvalue weighted by Crippen LogP contribution is -2.47. The molecule has 1 aliphatic rings. The average Bonchev–Trinajstić information content (AvgIpc) is 2.71. The van der Waals surface area contributed by atoms with Crippen LogP contribution in [0.3, 0.4) is 0 Å². The Morgan fingerprint density at radius 2 is 1.95 bits per heavy atom. The normalized spacial score (nSPS) is 23.6. The van der Waals surface area contributed by atoms with Crippen LogP contribution >= 0.6 is 0 Å². The molecule has 4 N–H and O–H groups in total. The third kappa shape index (κ3) is 5.58. The predicted molar refractivity (Wildman–Crippen MR) is 66.7 cm³/mol. The lowest BCUT2D eigenvalue weighted by atomic mass is 10.1. The molecule has 7 nitrogen and oxygen atoms in total. The Bertz CT molecular complexity index is 358. The molecule has 0 aliphatic heterocycles. The number of rotatable bonds is 6. The van der Waals surface area contributed by atoms with Gasteiger partial charge in [0.25, 0.3) is 0 Å². The molecule has 0 saturated heterocycles. The van der Waals surface area contributed by atoms with E-state index in [4.69, 9.17) is 10.2 Å². The van der Waals surface area contributed by atoms with Gasteiger partial charge in [-0.3, -0.25) is 4.79 Å². The van der Waals surface area contributed by atoms with Gasteiger partial charge in [-0.25, -0.2) is 9.59 Å². The van der Waals surface area contributed by atoms with E-state index in [1.54, 1.807) is 0 Å². The van der Waals surface area contributed by atoms with Crippen molar-refractivity contribution in [1.29, 1.82) is 0 Å². The van der Waals surface area contributed by atoms with Crippen molar-refractivity contribution in [2.24, 2.45) is 11.8 Å². The molecule has 1 saturated carbocycles. The van der Waals surface area contributed by atoms with Crippen molar-refractivity contribution in [3.63, 3.8) is 0 Å². The second-order valence-corrected chi connectivity index (χ2v) is 5.13. The van der Waals surface area contributed by atoms with E-state index in [2.05, 4.69) is 17.6 Å². The van der Waals surface area contributed by atoms with Crippen LogP contribution in [-0.4, -0.2) is 40.8 Å². The van der Waals surface area contributed by atoms with E-state index < -0.39 is 30.4 Å². The van der Waals surface area contributed by atoms with Gasteiger partial charge in [0.2, 0.25) is 0 Å². The van der Waals surface area contributed by atoms with Crippen LogP contribution in [0, 0.1) is 11.8 Å². The Balaban J connectivity index is 2.32. The van der Waals surface area contributed by atoms with Crippen molar-refractivity contribution in [2.45, 2.75) is 38.6 Å². The van der Waals surface area contributed by atoms with E-state index >= 15 is 0 Å². The van der Waals surface area contributed by atoms with Gasteiger partial charge in [-0.05, 0) is 24.7 Å². The number of carboxylic acids is 2. The van der Waals surface area contributed by atoms with Crippen molar-refractivity contribution in [2.75, 3.05) is 6.54 Å². The van der Waals surface area contributed by atoms with Gasteiger partial charge in [0, 0.05) is 6.54 Å². The molecule has 3 atom stereocenters. The highest BCUT2D eigenvalue weighted by Crippen LogP contribution is 2.29. The predicted octanol–water partition coefficient (Wildman–Crippen LogP) is 0.650. The number of carboxylic acid groups (broad SMARTS) is 2. The number of hydrogen-bond donors (Lipinski definition) is 4. The highest BCUT2D eigenvalue weighted by atomic mass is 16.4. The summed E-state index contributed by atoms with van der Waals surface area (Å²) in [7, 11) is 0. The molecule has 0 aromatic heterocycles. The minimum Gasteiger partial charge on any atom is -0.481 e. The fourth-order valence-corrected chi connectivity index (χ4v) is 2.33. The smallest absolute Gasteiger partial charge is 0.326 e. The standard InChI is InChI=1S/C12H20N2O5/c1-7-2-3-8(4-7)6-13-12(19)14-9(11(17)18)5-10(15)16/h7-9H,2-6H2,1H3,(H,15,16)(H,17,18)(H2,13,14,19)/t7?,8?,9-/m1/s1. The summed E-state index contributed by atoms with van der Waals surface area (Å²) in [5.41, 5.74) is 0. The zero-order valence-electron chi connectivity index (χ0n) is 10.9. The van der Waals surface area contributed by atoms with Crippen molar-refractivity contribution in [3.8, 4) is 0 Å². The first-order valence-corrected chi connectivity index (χ1v) is 6.37. The largest absolute Gasteiger partial charge is 0.481 e. The van der Waals surface area contributed by atoms with E-state index in [0.717, 1.165) is 19.3 Å². The van der Waals surface area contributed by atoms with Gasteiger partial charge in [0.15, 0.2) is 0 Å². The van der Waals surface area contributed by atoms with Gasteiger partial charge in [-0.2, -0.15) is 0 Å². The van der Waals surface area contributed by atoms with E-state index in [0.29, 0.717) is 18.4 Å². The Labute approximate surface area is 111 Å². The van der Waals surface area contributed by atoms with Crippen molar-refractivity contribution in [3.05, 3.63) is 0 Å². The van der Waals surface area contributed by atoms with Crippen LogP contribution in [0.2, 0.25) is 0 Å². The maximum absolute atomic E-state index is 11.5. The molecule has 0 heterocycles. The second kappa shape index (κ2) is 6.96. The molecule has 1 rings (SSSR count). The van der Waals surface area contributed by atoms with Gasteiger partial charge in [0.1, 0.15) is 6.04 Å². The lowest BCUT2D eigenvalue weighted by Gasteiger charge is -2.15. The summed E-state index contributed by atoms with van der Waals surface area (Å²) in [5.74, 6) is -1.54. The van der Waals surface area contributed by atoms with E-state index in [-0.39, 0.29) is 0 Å². The SMILES string of the molecule is CC1CCC(CNC(=O)N[C@H](CC(=O)O)C(=O)O)C1. The molecular formula is C12H20N2O5. The zero-order valence-corrected chi connectivity index (χ0v) is 10.9. The molecular weight excluding hydrogens is 252 g/mol. The molecule has 0 radical (unpaired) electrons. The molecule has 108 valence electrons. The molecule has 7 heteroatoms. The van der Waals surface area contributed by atoms with Crippen LogP contribution in [0.25, 0.3) is 0 Å². The summed E-state index contributed by atoms with van der Waals surface area (Å²) < 4.78 is 0. The van der Waals surface area contributed by atoms with Crippen LogP contribution < -0.4 is 10.6 Å². The van der Waals surface area contributed by atoms with Gasteiger partial charge in [-0.15, -0.1) is 0 Å². The van der Waals surface area contributed by atoms with Gasteiger partial charge in [-0.1, -0.05) is 13.3 Å². The van der Waals surface area contributed by atoms with Crippen molar-refractivity contribution < 1.29 is 24.6 Å². The first-order valence-electron chi connectivity index (χ1n) is 6.37. The highest BCUT2D eigenvalue weighted by Gasteiger charge is 2.24. The highest BCUT2D eigenvalue weighted by molar-refractivity contribution is 5.86. The summed E-state index contributed by atoms with van der Waals surface area (Å²) in [6, 6.07) is -2.03. The molecule has 0 bridgehead atoms. The van der Waals surface area contributed by atoms with Crippen LogP contribution in [0.5, 0.6) is 0 Å². The maximum atomic E-state index is 11.5. The molecule has 2 unspecified atom stereocenters. The third-order valence-electron chi connectivity index (χ3n) is 3.34. The van der Waals surface area contributed by atoms with Crippen LogP contribution in [0.4, 0.5) is 4.79 Å². The summed E-state index contributed by atoms with van der Waals surface area (Å²) in [5, 5.41) is 22.1. The van der Waals surface area contributed by atoms with E-state index in [1.807, 2.05) is 0 Å². The van der Waals surface area contributed by atoms with Crippen LogP contribution in [0.15, 0.2) is 0 Å². The molecule has 2 amide bonds. The Kier molecular flexibility index (Phi) is 5.59. The summed E-state index contributed by atoms with van der Waals surface area (Å²) >= 11 is 0. The number of amides is 2. The number of carbonyl (C=O) groups is 3. The molecule has 0 aromatic rings. The number of urea groups is 1. The van der Waals surface area contributed by atoms with E-state index in [1.165, 1.54) is 0 Å². The first-order chi connectivity index (χ1) is 8.88. The minimum absolute atomic E-state index is 0.420. The topological polar surface area (TPSA) is 116 Å². The molecule has 19 heavy (non-hydrogen) atoms. The fraction of sp³-hybridized carbons (Fsp3) is 0.750. The molecule has 1 aliphatic carbocycles. The minimum atomic E-state index is -1.40. The van der Waals surface area contributed by atoms with Crippen LogP contribution in [-0.2, 0) is 9.59 Å². The lowest BCUT2D eigenvalue weighted by molar-refractivity contribution is -0.145. The zero-order chi connectivity index (χ0) is 14.4. The number of nitrogens with one attached hydrogen (secondary N) is 2. The quantitative estimate of drug-likeness (QED) is 0.566.